The summed E-state index contributed by atoms with van der Waals surface area (Å²) in [7, 11) is 17.8. The first-order valence-corrected chi connectivity index (χ1v) is 17.1. The maximum Gasteiger partial charge on any atom is 0.169 e. The molecule has 0 bridgehead atoms. The van der Waals surface area contributed by atoms with E-state index in [0.29, 0.717) is 17.5 Å². The molecule has 2 atom stereocenters. The van der Waals surface area contributed by atoms with E-state index in [0.717, 1.165) is 76.5 Å². The molecule has 0 unspecified atom stereocenters. The van der Waals surface area contributed by atoms with Crippen molar-refractivity contribution in [3.8, 4) is 40.2 Å². The monoisotopic (exact) mass is 668 g/mol. The Bertz CT molecular complexity index is 1800. The Morgan fingerprint density at radius 3 is 1.39 bits per heavy atom. The number of hydrogen-bond acceptors (Lipinski definition) is 6. The smallest absolute Gasteiger partial charge is 0.169 e. The summed E-state index contributed by atoms with van der Waals surface area (Å²) in [5, 5.41) is 0. The van der Waals surface area contributed by atoms with Gasteiger partial charge in [0.2, 0.25) is 0 Å². The fourth-order valence-electron chi connectivity index (χ4n) is 7.72. The summed E-state index contributed by atoms with van der Waals surface area (Å²) >= 11 is 0. The van der Waals surface area contributed by atoms with Gasteiger partial charge >= 0.3 is 0 Å². The van der Waals surface area contributed by atoms with Gasteiger partial charge in [-0.2, -0.15) is 0 Å². The van der Waals surface area contributed by atoms with Gasteiger partial charge in [0, 0.05) is 36.8 Å². The summed E-state index contributed by atoms with van der Waals surface area (Å²) in [6.45, 7) is 2.11. The molecule has 0 aromatic heterocycles. The Balaban J connectivity index is 1.23. The molecule has 4 aromatic carbocycles. The van der Waals surface area contributed by atoms with Gasteiger partial charge in [-0.25, -0.2) is 0 Å². The minimum absolute atomic E-state index is 0.248. The molecule has 260 valence electrons. The van der Waals surface area contributed by atoms with Crippen molar-refractivity contribution in [3.05, 3.63) is 100 Å². The third-order valence-corrected chi connectivity index (χ3v) is 10.8. The third kappa shape index (κ3) is 6.90. The highest BCUT2D eigenvalue weighted by molar-refractivity contribution is 5.51. The van der Waals surface area contributed by atoms with Gasteiger partial charge in [0.05, 0.1) is 76.8 Å². The molecule has 0 saturated carbocycles. The number of fused-ring (bicyclic) bond motifs is 2. The number of quaternary nitrogens is 2. The minimum Gasteiger partial charge on any atom is -0.493 e. The topological polar surface area (TPSA) is 55.4 Å². The molecule has 4 aromatic rings. The second kappa shape index (κ2) is 13.8. The SMILES string of the molecule is COc1cc2c(cc1OC)[C@@H](Cc1ccc(Oc3cc(C[C@@H]4c5cc(OC)c(OC)cc5CC[N+]4(C)C)ccc3OC)cc1)[N+](C)(C)CC2. The third-order valence-electron chi connectivity index (χ3n) is 10.8. The van der Waals surface area contributed by atoms with Gasteiger partial charge in [0.25, 0.3) is 0 Å². The minimum atomic E-state index is 0.248. The maximum atomic E-state index is 6.52. The molecule has 6 rings (SSSR count). The lowest BCUT2D eigenvalue weighted by atomic mass is 9.86. The van der Waals surface area contributed by atoms with Gasteiger partial charge in [0.1, 0.15) is 17.8 Å². The van der Waals surface area contributed by atoms with Gasteiger partial charge in [0.15, 0.2) is 34.5 Å². The molecule has 0 radical (unpaired) electrons. The second-order valence-corrected chi connectivity index (χ2v) is 14.5. The highest BCUT2D eigenvalue weighted by atomic mass is 16.5. The first-order chi connectivity index (χ1) is 23.5. The highest BCUT2D eigenvalue weighted by Gasteiger charge is 2.38. The number of ether oxygens (including phenoxy) is 6. The lowest BCUT2D eigenvalue weighted by Gasteiger charge is -2.43. The number of rotatable bonds is 11. The highest BCUT2D eigenvalue weighted by Crippen LogP contribution is 2.44. The Hall–Kier alpha value is -4.40. The molecule has 0 N–H and O–H groups in total. The van der Waals surface area contributed by atoms with Crippen molar-refractivity contribution >= 4 is 0 Å². The fourth-order valence-corrected chi connectivity index (χ4v) is 7.72. The molecular formula is C41H52N2O6+2. The van der Waals surface area contributed by atoms with Crippen molar-refractivity contribution in [2.75, 3.05) is 76.8 Å². The van der Waals surface area contributed by atoms with Crippen LogP contribution in [-0.2, 0) is 25.7 Å². The number of hydrogen-bond donors (Lipinski definition) is 0. The number of nitrogens with zero attached hydrogens (tertiary/aromatic N) is 2. The average molecular weight is 669 g/mol. The van der Waals surface area contributed by atoms with Crippen LogP contribution in [-0.4, -0.2) is 85.8 Å². The lowest BCUT2D eigenvalue weighted by Crippen LogP contribution is -2.48. The Morgan fingerprint density at radius 1 is 0.490 bits per heavy atom. The van der Waals surface area contributed by atoms with Crippen LogP contribution in [0, 0.1) is 0 Å². The molecule has 0 saturated heterocycles. The summed E-state index contributed by atoms with van der Waals surface area (Å²) < 4.78 is 36.7. The standard InChI is InChI=1S/C41H52N2O6/c1-42(2)18-16-29-23-37(45-6)39(47-8)25-32(29)34(42)20-27-10-13-31(14-11-27)49-41-22-28(12-15-36(41)44-5)21-35-33-26-40(48-9)38(46-7)24-30(33)17-19-43(35,3)4/h10-15,22-26,34-35H,16-21H2,1-9H3/q+2/t34-,35-/m1/s1. The van der Waals surface area contributed by atoms with E-state index in [9.17, 15) is 0 Å². The quantitative estimate of drug-likeness (QED) is 0.156. The molecule has 0 amide bonds. The zero-order chi connectivity index (χ0) is 34.9. The number of methoxy groups -OCH3 is 5. The van der Waals surface area contributed by atoms with Crippen molar-refractivity contribution < 1.29 is 37.4 Å². The number of likely N-dealkylation sites (N-methyl/N-ethyl adjacent to an activating group) is 2. The summed E-state index contributed by atoms with van der Waals surface area (Å²) in [6, 6.07) is 24.0. The molecule has 2 aliphatic heterocycles. The summed E-state index contributed by atoms with van der Waals surface area (Å²) in [5.41, 5.74) is 7.75. The Labute approximate surface area is 291 Å². The Morgan fingerprint density at radius 2 is 0.918 bits per heavy atom. The van der Waals surface area contributed by atoms with E-state index in [-0.39, 0.29) is 6.04 Å². The largest absolute Gasteiger partial charge is 0.493 e. The summed E-state index contributed by atoms with van der Waals surface area (Å²) in [4.78, 5) is 0. The predicted octanol–water partition coefficient (Wildman–Crippen LogP) is 7.35. The van der Waals surface area contributed by atoms with Crippen LogP contribution >= 0.6 is 0 Å². The van der Waals surface area contributed by atoms with Crippen LogP contribution in [0.25, 0.3) is 0 Å². The average Bonchev–Trinajstić information content (AvgIpc) is 3.10. The molecule has 8 nitrogen and oxygen atoms in total. The van der Waals surface area contributed by atoms with Crippen molar-refractivity contribution in [1.29, 1.82) is 0 Å². The van der Waals surface area contributed by atoms with Crippen LogP contribution in [0.5, 0.6) is 40.2 Å². The zero-order valence-electron chi connectivity index (χ0n) is 30.6. The summed E-state index contributed by atoms with van der Waals surface area (Å²) in [5.74, 6) is 5.32. The van der Waals surface area contributed by atoms with E-state index >= 15 is 0 Å². The van der Waals surface area contributed by atoms with Crippen LogP contribution in [0.4, 0.5) is 0 Å². The first-order valence-electron chi connectivity index (χ1n) is 17.1. The van der Waals surface area contributed by atoms with Crippen molar-refractivity contribution in [1.82, 2.24) is 0 Å². The molecule has 8 heteroatoms. The second-order valence-electron chi connectivity index (χ2n) is 14.5. The van der Waals surface area contributed by atoms with Crippen LogP contribution in [0.1, 0.15) is 45.5 Å². The first kappa shape index (κ1) is 34.5. The Kier molecular flexibility index (Phi) is 9.74. The molecule has 2 heterocycles. The molecule has 0 fully saturated rings. The molecule has 49 heavy (non-hydrogen) atoms. The van der Waals surface area contributed by atoms with Crippen molar-refractivity contribution in [2.45, 2.75) is 37.8 Å². The fraction of sp³-hybridized carbons (Fsp3) is 0.415. The van der Waals surface area contributed by atoms with Gasteiger partial charge in [-0.15, -0.1) is 0 Å². The van der Waals surface area contributed by atoms with Crippen LogP contribution in [0.3, 0.4) is 0 Å². The lowest BCUT2D eigenvalue weighted by molar-refractivity contribution is -0.923. The van der Waals surface area contributed by atoms with E-state index in [2.05, 4.69) is 88.9 Å². The summed E-state index contributed by atoms with van der Waals surface area (Å²) in [6.07, 6.45) is 3.77. The van der Waals surface area contributed by atoms with E-state index in [4.69, 9.17) is 28.4 Å². The van der Waals surface area contributed by atoms with Gasteiger partial charge in [-0.1, -0.05) is 18.2 Å². The van der Waals surface area contributed by atoms with Crippen molar-refractivity contribution in [2.24, 2.45) is 0 Å². The molecule has 0 aliphatic carbocycles. The molecule has 2 aliphatic rings. The molecular weight excluding hydrogens is 616 g/mol. The van der Waals surface area contributed by atoms with Crippen LogP contribution in [0.15, 0.2) is 66.7 Å². The predicted molar refractivity (Wildman–Crippen MR) is 193 cm³/mol. The van der Waals surface area contributed by atoms with Crippen molar-refractivity contribution in [3.63, 3.8) is 0 Å². The zero-order valence-corrected chi connectivity index (χ0v) is 30.6. The van der Waals surface area contributed by atoms with Crippen LogP contribution in [0.2, 0.25) is 0 Å². The van der Waals surface area contributed by atoms with E-state index in [1.165, 1.54) is 33.4 Å². The molecule has 0 spiro atoms. The van der Waals surface area contributed by atoms with E-state index in [1.807, 2.05) is 6.07 Å². The van der Waals surface area contributed by atoms with Crippen LogP contribution < -0.4 is 28.4 Å². The van der Waals surface area contributed by atoms with Gasteiger partial charge in [-0.3, -0.25) is 0 Å². The number of benzene rings is 4. The van der Waals surface area contributed by atoms with E-state index in [1.54, 1.807) is 35.5 Å². The maximum absolute atomic E-state index is 6.52. The van der Waals surface area contributed by atoms with Gasteiger partial charge < -0.3 is 37.4 Å². The van der Waals surface area contributed by atoms with Gasteiger partial charge in [-0.05, 0) is 70.8 Å². The van der Waals surface area contributed by atoms with E-state index < -0.39 is 0 Å². The normalized spacial score (nSPS) is 18.9.